The first kappa shape index (κ1) is 57.1. The lowest BCUT2D eigenvalue weighted by Gasteiger charge is -2.21. The molecule has 59 heavy (non-hydrogen) atoms. The SMILES string of the molecule is CCCCCCCCCCCCC(=O)O[C@H](COC(=O)CC)COP(=O)(O)OC[C@H](O)COP(=O)(O)OC[C@@H](COC(=O)CCCC)OC(=O)CCCCCCCCC. The lowest BCUT2D eigenvalue weighted by molar-refractivity contribution is -0.161. The molecule has 0 bridgehead atoms. The molecule has 5 atom stereocenters. The van der Waals surface area contributed by atoms with E-state index < -0.39 is 97.5 Å². The summed E-state index contributed by atoms with van der Waals surface area (Å²) in [5.41, 5.74) is 0. The summed E-state index contributed by atoms with van der Waals surface area (Å²) in [4.78, 5) is 69.1. The zero-order valence-corrected chi connectivity index (χ0v) is 38.0. The average Bonchev–Trinajstić information content (AvgIpc) is 3.20. The van der Waals surface area contributed by atoms with Gasteiger partial charge in [0.05, 0.1) is 26.4 Å². The third-order valence-electron chi connectivity index (χ3n) is 8.91. The molecule has 0 fully saturated rings. The molecule has 0 saturated heterocycles. The largest absolute Gasteiger partial charge is 0.472 e. The summed E-state index contributed by atoms with van der Waals surface area (Å²) in [5.74, 6) is -2.31. The zero-order chi connectivity index (χ0) is 44.2. The standard InChI is InChI=1S/C40H76O17P2/c1-5-9-12-14-16-17-18-20-22-24-27-39(44)56-35(30-50-37(42)8-4)32-54-58(46,47)52-28-34(41)29-53-59(48,49)55-33-36(31-51-38(43)25-11-7-3)57-40(45)26-23-21-19-15-13-10-6-2/h34-36,41H,5-33H2,1-4H3,(H,46,47)(H,48,49)/t34-,35+,36+/m0/s1. The van der Waals surface area contributed by atoms with E-state index in [0.717, 1.165) is 70.6 Å². The number of ether oxygens (including phenoxy) is 4. The molecule has 0 aromatic rings. The summed E-state index contributed by atoms with van der Waals surface area (Å²) in [7, 11) is -9.78. The van der Waals surface area contributed by atoms with Gasteiger partial charge in [-0.05, 0) is 19.3 Å². The molecule has 0 heterocycles. The smallest absolute Gasteiger partial charge is 0.462 e. The Morgan fingerprint density at radius 1 is 0.424 bits per heavy atom. The number of unbranched alkanes of at least 4 members (excludes halogenated alkanes) is 16. The maximum atomic E-state index is 12.6. The van der Waals surface area contributed by atoms with Crippen molar-refractivity contribution in [2.45, 2.75) is 194 Å². The van der Waals surface area contributed by atoms with Gasteiger partial charge in [-0.25, -0.2) is 9.13 Å². The van der Waals surface area contributed by atoms with Crippen LogP contribution in [0.1, 0.15) is 175 Å². The summed E-state index contributed by atoms with van der Waals surface area (Å²) in [6.07, 6.45) is 15.3. The van der Waals surface area contributed by atoms with E-state index in [1.807, 2.05) is 6.92 Å². The van der Waals surface area contributed by atoms with Gasteiger partial charge in [0, 0.05) is 25.7 Å². The summed E-state index contributed by atoms with van der Waals surface area (Å²) in [6, 6.07) is 0. The summed E-state index contributed by atoms with van der Waals surface area (Å²) >= 11 is 0. The molecule has 0 aliphatic rings. The predicted molar refractivity (Wildman–Crippen MR) is 220 cm³/mol. The third-order valence-corrected chi connectivity index (χ3v) is 10.8. The van der Waals surface area contributed by atoms with Gasteiger partial charge in [-0.3, -0.25) is 37.3 Å². The van der Waals surface area contributed by atoms with Crippen LogP contribution in [0.3, 0.4) is 0 Å². The van der Waals surface area contributed by atoms with E-state index in [9.17, 15) is 43.2 Å². The summed E-state index contributed by atoms with van der Waals surface area (Å²) < 4.78 is 65.5. The Kier molecular flexibility index (Phi) is 35.5. The van der Waals surface area contributed by atoms with Gasteiger partial charge in [-0.15, -0.1) is 0 Å². The molecule has 0 radical (unpaired) electrons. The Hall–Kier alpha value is -1.94. The van der Waals surface area contributed by atoms with Crippen molar-refractivity contribution in [1.29, 1.82) is 0 Å². The topological polar surface area (TPSA) is 237 Å². The first-order valence-electron chi connectivity index (χ1n) is 21.8. The van der Waals surface area contributed by atoms with E-state index in [1.165, 1.54) is 32.1 Å². The molecule has 0 saturated carbocycles. The zero-order valence-electron chi connectivity index (χ0n) is 36.2. The van der Waals surface area contributed by atoms with Crippen LogP contribution in [0.25, 0.3) is 0 Å². The van der Waals surface area contributed by atoms with E-state index in [2.05, 4.69) is 13.8 Å². The van der Waals surface area contributed by atoms with Crippen molar-refractivity contribution in [1.82, 2.24) is 0 Å². The maximum absolute atomic E-state index is 12.6. The van der Waals surface area contributed by atoms with Crippen LogP contribution in [0.15, 0.2) is 0 Å². The van der Waals surface area contributed by atoms with Crippen molar-refractivity contribution in [3.8, 4) is 0 Å². The fraction of sp³-hybridized carbons (Fsp3) is 0.900. The highest BCUT2D eigenvalue weighted by atomic mass is 31.2. The molecule has 0 aliphatic heterocycles. The van der Waals surface area contributed by atoms with Crippen molar-refractivity contribution in [2.24, 2.45) is 0 Å². The molecule has 19 heteroatoms. The van der Waals surface area contributed by atoms with Gasteiger partial charge in [0.25, 0.3) is 0 Å². The number of hydrogen-bond donors (Lipinski definition) is 3. The number of aliphatic hydroxyl groups excluding tert-OH is 1. The molecule has 0 rings (SSSR count). The van der Waals surface area contributed by atoms with Gasteiger partial charge < -0.3 is 33.8 Å². The average molecular weight is 891 g/mol. The number of rotatable bonds is 41. The van der Waals surface area contributed by atoms with Crippen molar-refractivity contribution < 1.29 is 80.2 Å². The molecule has 17 nitrogen and oxygen atoms in total. The second-order valence-electron chi connectivity index (χ2n) is 14.6. The molecule has 0 aromatic carbocycles. The van der Waals surface area contributed by atoms with Crippen molar-refractivity contribution in [3.05, 3.63) is 0 Å². The van der Waals surface area contributed by atoms with Crippen LogP contribution in [0, 0.1) is 0 Å². The van der Waals surface area contributed by atoms with Gasteiger partial charge >= 0.3 is 39.5 Å². The van der Waals surface area contributed by atoms with E-state index in [4.69, 9.17) is 37.0 Å². The minimum absolute atomic E-state index is 0.0510. The van der Waals surface area contributed by atoms with Gasteiger partial charge in [0.15, 0.2) is 12.2 Å². The minimum atomic E-state index is -4.89. The highest BCUT2D eigenvalue weighted by molar-refractivity contribution is 7.47. The summed E-state index contributed by atoms with van der Waals surface area (Å²) in [6.45, 7) is 3.78. The predicted octanol–water partition coefficient (Wildman–Crippen LogP) is 8.58. The van der Waals surface area contributed by atoms with Gasteiger partial charge in [0.2, 0.25) is 0 Å². The number of esters is 4. The molecular formula is C40H76O17P2. The first-order valence-corrected chi connectivity index (χ1v) is 24.8. The number of aliphatic hydroxyl groups is 1. The van der Waals surface area contributed by atoms with Crippen LogP contribution >= 0.6 is 15.6 Å². The molecule has 0 spiro atoms. The van der Waals surface area contributed by atoms with Crippen LogP contribution in [-0.2, 0) is 65.4 Å². The third kappa shape index (κ3) is 36.4. The highest BCUT2D eigenvalue weighted by Crippen LogP contribution is 2.45. The number of carbonyl (C=O) groups is 4. The molecular weight excluding hydrogens is 814 g/mol. The molecule has 3 N–H and O–H groups in total. The van der Waals surface area contributed by atoms with Gasteiger partial charge in [-0.2, -0.15) is 0 Å². The Balaban J connectivity index is 4.88. The number of phosphoric acid groups is 2. The minimum Gasteiger partial charge on any atom is -0.462 e. The van der Waals surface area contributed by atoms with Gasteiger partial charge in [0.1, 0.15) is 19.3 Å². The molecule has 0 amide bonds. The van der Waals surface area contributed by atoms with Crippen LogP contribution in [-0.4, -0.2) is 96.7 Å². The highest BCUT2D eigenvalue weighted by Gasteiger charge is 2.30. The van der Waals surface area contributed by atoms with Crippen molar-refractivity contribution in [2.75, 3.05) is 39.6 Å². The Labute approximate surface area is 352 Å². The van der Waals surface area contributed by atoms with Crippen molar-refractivity contribution >= 4 is 39.5 Å². The van der Waals surface area contributed by atoms with Crippen LogP contribution in [0.2, 0.25) is 0 Å². The normalized spacial score (nSPS) is 15.0. The number of phosphoric ester groups is 2. The Morgan fingerprint density at radius 2 is 0.746 bits per heavy atom. The first-order chi connectivity index (χ1) is 28.2. The van der Waals surface area contributed by atoms with E-state index in [-0.39, 0.29) is 25.7 Å². The monoisotopic (exact) mass is 890 g/mol. The number of hydrogen-bond acceptors (Lipinski definition) is 15. The Morgan fingerprint density at radius 3 is 1.12 bits per heavy atom. The second kappa shape index (κ2) is 36.7. The molecule has 0 aliphatic carbocycles. The quantitative estimate of drug-likeness (QED) is 0.0225. The van der Waals surface area contributed by atoms with Crippen molar-refractivity contribution in [3.63, 3.8) is 0 Å². The lowest BCUT2D eigenvalue weighted by Crippen LogP contribution is -2.30. The molecule has 0 aromatic heterocycles. The fourth-order valence-electron chi connectivity index (χ4n) is 5.41. The van der Waals surface area contributed by atoms with Crippen LogP contribution < -0.4 is 0 Å². The molecule has 2 unspecified atom stereocenters. The van der Waals surface area contributed by atoms with E-state index in [1.54, 1.807) is 6.92 Å². The fourth-order valence-corrected chi connectivity index (χ4v) is 6.99. The lowest BCUT2D eigenvalue weighted by atomic mass is 10.1. The molecule has 348 valence electrons. The van der Waals surface area contributed by atoms with E-state index >= 15 is 0 Å². The van der Waals surface area contributed by atoms with Crippen LogP contribution in [0.5, 0.6) is 0 Å². The van der Waals surface area contributed by atoms with E-state index in [0.29, 0.717) is 19.3 Å². The van der Waals surface area contributed by atoms with Gasteiger partial charge in [-0.1, -0.05) is 130 Å². The second-order valence-corrected chi connectivity index (χ2v) is 17.5. The number of carbonyl (C=O) groups excluding carboxylic acids is 4. The Bertz CT molecular complexity index is 1200. The maximum Gasteiger partial charge on any atom is 0.472 e. The van der Waals surface area contributed by atoms with Crippen LogP contribution in [0.4, 0.5) is 0 Å². The summed E-state index contributed by atoms with van der Waals surface area (Å²) in [5, 5.41) is 10.2.